The molecule has 1 aliphatic heterocycles. The van der Waals surface area contributed by atoms with Crippen molar-refractivity contribution in [2.75, 3.05) is 13.2 Å². The van der Waals surface area contributed by atoms with Gasteiger partial charge in [0.05, 0.1) is 18.2 Å². The Morgan fingerprint density at radius 2 is 1.90 bits per heavy atom. The number of aromatic amines is 1. The summed E-state index contributed by atoms with van der Waals surface area (Å²) < 4.78 is 5.79. The number of aryl methyl sites for hydroxylation is 2. The minimum atomic E-state index is -0.126. The van der Waals surface area contributed by atoms with Gasteiger partial charge in [-0.15, -0.1) is 0 Å². The Labute approximate surface area is 178 Å². The van der Waals surface area contributed by atoms with E-state index in [2.05, 4.69) is 16.4 Å². The number of nitrogens with zero attached hydrogens (tertiary/aromatic N) is 1. The molecule has 6 heteroatoms. The second-order valence-electron chi connectivity index (χ2n) is 8.91. The summed E-state index contributed by atoms with van der Waals surface area (Å²) in [6, 6.07) is 6.19. The van der Waals surface area contributed by atoms with Gasteiger partial charge >= 0.3 is 6.03 Å². The number of hydrogen-bond acceptors (Lipinski definition) is 3. The maximum atomic E-state index is 13.1. The summed E-state index contributed by atoms with van der Waals surface area (Å²) >= 11 is 0. The third kappa shape index (κ3) is 4.69. The summed E-state index contributed by atoms with van der Waals surface area (Å²) in [5.74, 6) is 0. The topological polar surface area (TPSA) is 74.4 Å². The average Bonchev–Trinajstić information content (AvgIpc) is 3.25. The molecule has 2 fully saturated rings. The minimum absolute atomic E-state index is 0.0469. The fraction of sp³-hybridized carbons (Fsp3) is 0.583. The maximum absolute atomic E-state index is 13.1. The van der Waals surface area contributed by atoms with Gasteiger partial charge in [-0.2, -0.15) is 0 Å². The number of hydrogen-bond donors (Lipinski definition) is 2. The first-order valence-electron chi connectivity index (χ1n) is 11.3. The number of H-pyrrole nitrogens is 1. The zero-order valence-electron chi connectivity index (χ0n) is 18.1. The van der Waals surface area contributed by atoms with Crippen molar-refractivity contribution in [3.05, 3.63) is 45.2 Å². The molecular weight excluding hydrogens is 378 g/mol. The lowest BCUT2D eigenvalue weighted by Crippen LogP contribution is -2.48. The number of urea groups is 1. The van der Waals surface area contributed by atoms with E-state index >= 15 is 0 Å². The van der Waals surface area contributed by atoms with Crippen LogP contribution in [0.25, 0.3) is 10.9 Å². The molecule has 1 aliphatic carbocycles. The number of carbonyl (C=O) groups is 1. The molecule has 6 nitrogen and oxygen atoms in total. The summed E-state index contributed by atoms with van der Waals surface area (Å²) in [5.41, 5.74) is 3.53. The lowest BCUT2D eigenvalue weighted by atomic mass is 9.96. The standard InChI is InChI=1S/C24H33N3O3/c1-16-10-11-17(2)22-21(16)13-18(23(28)26-22)14-27(15-20-9-6-12-30-20)24(29)25-19-7-4-3-5-8-19/h10-11,13,19-20H,3-9,12,14-15H2,1-2H3,(H,25,29)(H,26,28)/t20-/m1/s1. The molecule has 0 unspecified atom stereocenters. The van der Waals surface area contributed by atoms with Gasteiger partial charge in [-0.3, -0.25) is 4.79 Å². The molecule has 1 saturated heterocycles. The van der Waals surface area contributed by atoms with Crippen LogP contribution < -0.4 is 10.9 Å². The molecule has 2 N–H and O–H groups in total. The summed E-state index contributed by atoms with van der Waals surface area (Å²) in [4.78, 5) is 30.8. The van der Waals surface area contributed by atoms with Crippen molar-refractivity contribution in [2.45, 2.75) is 77.5 Å². The van der Waals surface area contributed by atoms with Gasteiger partial charge in [0, 0.05) is 30.1 Å². The van der Waals surface area contributed by atoms with E-state index in [-0.39, 0.29) is 30.3 Å². The van der Waals surface area contributed by atoms with E-state index in [0.717, 1.165) is 54.3 Å². The SMILES string of the molecule is Cc1ccc(C)c2[nH]c(=O)c(CN(C[C@H]3CCCO3)C(=O)NC3CCCCC3)cc12. The van der Waals surface area contributed by atoms with Crippen LogP contribution in [0.3, 0.4) is 0 Å². The van der Waals surface area contributed by atoms with Gasteiger partial charge in [0.25, 0.3) is 5.56 Å². The van der Waals surface area contributed by atoms with E-state index in [4.69, 9.17) is 4.74 Å². The second kappa shape index (κ2) is 9.21. The molecule has 0 bridgehead atoms. The van der Waals surface area contributed by atoms with E-state index in [1.54, 1.807) is 4.90 Å². The van der Waals surface area contributed by atoms with E-state index in [1.165, 1.54) is 19.3 Å². The van der Waals surface area contributed by atoms with E-state index < -0.39 is 0 Å². The Morgan fingerprint density at radius 1 is 1.13 bits per heavy atom. The second-order valence-corrected chi connectivity index (χ2v) is 8.91. The van der Waals surface area contributed by atoms with Gasteiger partial charge in [0.2, 0.25) is 0 Å². The number of carbonyl (C=O) groups excluding carboxylic acids is 1. The van der Waals surface area contributed by atoms with Crippen molar-refractivity contribution in [3.63, 3.8) is 0 Å². The van der Waals surface area contributed by atoms with Crippen LogP contribution in [0.4, 0.5) is 4.79 Å². The maximum Gasteiger partial charge on any atom is 0.318 e. The van der Waals surface area contributed by atoms with Crippen LogP contribution in [0.5, 0.6) is 0 Å². The van der Waals surface area contributed by atoms with E-state index in [0.29, 0.717) is 12.1 Å². The highest BCUT2D eigenvalue weighted by Gasteiger charge is 2.26. The molecule has 1 aromatic heterocycles. The van der Waals surface area contributed by atoms with Crippen molar-refractivity contribution < 1.29 is 9.53 Å². The molecule has 0 spiro atoms. The van der Waals surface area contributed by atoms with Gasteiger partial charge in [-0.05, 0) is 56.7 Å². The largest absolute Gasteiger partial charge is 0.376 e. The monoisotopic (exact) mass is 411 g/mol. The molecule has 1 atom stereocenters. The van der Waals surface area contributed by atoms with E-state index in [9.17, 15) is 9.59 Å². The van der Waals surface area contributed by atoms with Crippen molar-refractivity contribution >= 4 is 16.9 Å². The Hall–Kier alpha value is -2.34. The number of rotatable bonds is 5. The molecule has 162 valence electrons. The number of aromatic nitrogens is 1. The highest BCUT2D eigenvalue weighted by atomic mass is 16.5. The number of fused-ring (bicyclic) bond motifs is 1. The third-order valence-electron chi connectivity index (χ3n) is 6.55. The lowest BCUT2D eigenvalue weighted by molar-refractivity contribution is 0.0784. The lowest BCUT2D eigenvalue weighted by Gasteiger charge is -2.30. The molecule has 1 saturated carbocycles. The first-order chi connectivity index (χ1) is 14.5. The number of benzene rings is 1. The zero-order chi connectivity index (χ0) is 21.1. The van der Waals surface area contributed by atoms with Crippen LogP contribution >= 0.6 is 0 Å². The normalized spacial score (nSPS) is 19.9. The molecular formula is C24H33N3O3. The summed E-state index contributed by atoms with van der Waals surface area (Å²) in [6.45, 7) is 5.60. The Bertz CT molecular complexity index is 956. The van der Waals surface area contributed by atoms with Crippen molar-refractivity contribution in [1.29, 1.82) is 0 Å². The highest BCUT2D eigenvalue weighted by molar-refractivity contribution is 5.85. The average molecular weight is 412 g/mol. The van der Waals surface area contributed by atoms with Crippen molar-refractivity contribution in [3.8, 4) is 0 Å². The predicted octanol–water partition coefficient (Wildman–Crippen LogP) is 4.17. The Kier molecular flexibility index (Phi) is 6.42. The first kappa shape index (κ1) is 20.9. The molecule has 2 aromatic rings. The number of nitrogens with one attached hydrogen (secondary N) is 2. The molecule has 2 aliphatic rings. The Morgan fingerprint density at radius 3 is 2.63 bits per heavy atom. The van der Waals surface area contributed by atoms with Gasteiger partial charge in [-0.1, -0.05) is 31.4 Å². The number of amides is 2. The fourth-order valence-electron chi connectivity index (χ4n) is 4.71. The van der Waals surface area contributed by atoms with Crippen molar-refractivity contribution in [2.24, 2.45) is 0 Å². The van der Waals surface area contributed by atoms with Gasteiger partial charge in [0.1, 0.15) is 0 Å². The third-order valence-corrected chi connectivity index (χ3v) is 6.55. The minimum Gasteiger partial charge on any atom is -0.376 e. The molecule has 30 heavy (non-hydrogen) atoms. The van der Waals surface area contributed by atoms with E-state index in [1.807, 2.05) is 26.0 Å². The smallest absolute Gasteiger partial charge is 0.318 e. The summed E-state index contributed by atoms with van der Waals surface area (Å²) in [5, 5.41) is 4.25. The molecule has 2 amide bonds. The quantitative estimate of drug-likeness (QED) is 0.775. The van der Waals surface area contributed by atoms with Crippen LogP contribution in [0.2, 0.25) is 0 Å². The fourth-order valence-corrected chi connectivity index (χ4v) is 4.71. The van der Waals surface area contributed by atoms with Crippen LogP contribution in [0, 0.1) is 13.8 Å². The van der Waals surface area contributed by atoms with Gasteiger partial charge in [-0.25, -0.2) is 4.79 Å². The number of pyridine rings is 1. The molecule has 4 rings (SSSR count). The first-order valence-corrected chi connectivity index (χ1v) is 11.3. The molecule has 0 radical (unpaired) electrons. The van der Waals surface area contributed by atoms with Gasteiger partial charge in [0.15, 0.2) is 0 Å². The highest BCUT2D eigenvalue weighted by Crippen LogP contribution is 2.22. The zero-order valence-corrected chi connectivity index (χ0v) is 18.1. The molecule has 2 heterocycles. The van der Waals surface area contributed by atoms with Crippen LogP contribution in [-0.2, 0) is 11.3 Å². The van der Waals surface area contributed by atoms with Crippen molar-refractivity contribution in [1.82, 2.24) is 15.2 Å². The summed E-state index contributed by atoms with van der Waals surface area (Å²) in [6.07, 6.45) is 7.68. The summed E-state index contributed by atoms with van der Waals surface area (Å²) in [7, 11) is 0. The predicted molar refractivity (Wildman–Crippen MR) is 119 cm³/mol. The van der Waals surface area contributed by atoms with Crippen LogP contribution in [-0.4, -0.2) is 41.2 Å². The Balaban J connectivity index is 1.58. The number of ether oxygens (including phenoxy) is 1. The van der Waals surface area contributed by atoms with Crippen LogP contribution in [0.1, 0.15) is 61.6 Å². The van der Waals surface area contributed by atoms with Gasteiger partial charge < -0.3 is 19.9 Å². The molecule has 1 aromatic carbocycles. The van der Waals surface area contributed by atoms with Crippen LogP contribution in [0.15, 0.2) is 23.0 Å².